The molecule has 0 saturated carbocycles. The molecule has 0 amide bonds. The van der Waals surface area contributed by atoms with Gasteiger partial charge in [0.1, 0.15) is 0 Å². The Bertz CT molecular complexity index is 431. The molecule has 84 valence electrons. The van der Waals surface area contributed by atoms with Gasteiger partial charge < -0.3 is 10.3 Å². The highest BCUT2D eigenvalue weighted by Crippen LogP contribution is 2.04. The van der Waals surface area contributed by atoms with E-state index in [1.807, 2.05) is 19.3 Å². The Balaban J connectivity index is 2.03. The average molecular weight is 215 g/mol. The van der Waals surface area contributed by atoms with Gasteiger partial charge in [-0.2, -0.15) is 0 Å². The first-order chi connectivity index (χ1) is 7.74. The van der Waals surface area contributed by atoms with E-state index < -0.39 is 0 Å². The second-order valence-electron chi connectivity index (χ2n) is 4.20. The number of benzene rings is 1. The van der Waals surface area contributed by atoms with Crippen molar-refractivity contribution in [1.29, 1.82) is 0 Å². The van der Waals surface area contributed by atoms with E-state index in [-0.39, 0.29) is 6.04 Å². The largest absolute Gasteiger partial charge is 0.333 e. The minimum atomic E-state index is 0.167. The van der Waals surface area contributed by atoms with Crippen molar-refractivity contribution in [2.45, 2.75) is 25.9 Å². The highest BCUT2D eigenvalue weighted by atomic mass is 15.0. The molecule has 0 bridgehead atoms. The maximum Gasteiger partial charge on any atom is 0.0952 e. The zero-order valence-electron chi connectivity index (χ0n) is 9.50. The first-order valence-electron chi connectivity index (χ1n) is 5.54. The minimum Gasteiger partial charge on any atom is -0.333 e. The van der Waals surface area contributed by atoms with Crippen LogP contribution in [0.1, 0.15) is 18.2 Å². The third-order valence-electron chi connectivity index (χ3n) is 2.43. The van der Waals surface area contributed by atoms with E-state index in [2.05, 4.69) is 40.0 Å². The maximum atomic E-state index is 5.74. The van der Waals surface area contributed by atoms with Crippen LogP contribution in [0.25, 0.3) is 0 Å². The summed E-state index contributed by atoms with van der Waals surface area (Å²) in [5, 5.41) is 0. The van der Waals surface area contributed by atoms with E-state index in [1.165, 1.54) is 5.56 Å². The number of nitrogens with two attached hydrogens (primary N) is 1. The summed E-state index contributed by atoms with van der Waals surface area (Å²) in [6.07, 6.45) is 4.77. The maximum absolute atomic E-state index is 5.74. The summed E-state index contributed by atoms with van der Waals surface area (Å²) in [5.74, 6) is 0. The quantitative estimate of drug-likeness (QED) is 0.845. The third kappa shape index (κ3) is 2.94. The Morgan fingerprint density at radius 2 is 2.06 bits per heavy atom. The van der Waals surface area contributed by atoms with Gasteiger partial charge in [0.25, 0.3) is 0 Å². The summed E-state index contributed by atoms with van der Waals surface area (Å²) in [6, 6.07) is 10.5. The highest BCUT2D eigenvalue weighted by molar-refractivity contribution is 5.15. The molecule has 0 spiro atoms. The van der Waals surface area contributed by atoms with Gasteiger partial charge in [-0.25, -0.2) is 4.98 Å². The molecule has 1 unspecified atom stereocenters. The molecule has 0 aliphatic heterocycles. The van der Waals surface area contributed by atoms with Crippen LogP contribution in [-0.2, 0) is 13.0 Å². The smallest absolute Gasteiger partial charge is 0.0952 e. The molecular weight excluding hydrogens is 198 g/mol. The number of imidazole rings is 1. The van der Waals surface area contributed by atoms with E-state index in [4.69, 9.17) is 5.73 Å². The van der Waals surface area contributed by atoms with Gasteiger partial charge in [-0.3, -0.25) is 0 Å². The Labute approximate surface area is 95.9 Å². The molecular formula is C13H17N3. The van der Waals surface area contributed by atoms with Crippen molar-refractivity contribution in [3.8, 4) is 0 Å². The van der Waals surface area contributed by atoms with Crippen molar-refractivity contribution in [3.63, 3.8) is 0 Å². The van der Waals surface area contributed by atoms with Crippen molar-refractivity contribution in [2.75, 3.05) is 0 Å². The predicted molar refractivity (Wildman–Crippen MR) is 65.1 cm³/mol. The van der Waals surface area contributed by atoms with Crippen LogP contribution in [-0.4, -0.2) is 15.6 Å². The van der Waals surface area contributed by atoms with Gasteiger partial charge in [0.05, 0.1) is 12.0 Å². The van der Waals surface area contributed by atoms with Gasteiger partial charge in [-0.1, -0.05) is 30.3 Å². The van der Waals surface area contributed by atoms with Crippen molar-refractivity contribution >= 4 is 0 Å². The molecule has 1 atom stereocenters. The van der Waals surface area contributed by atoms with E-state index in [1.54, 1.807) is 0 Å². The second kappa shape index (κ2) is 4.94. The molecule has 3 nitrogen and oxygen atoms in total. The summed E-state index contributed by atoms with van der Waals surface area (Å²) in [6.45, 7) is 2.86. The normalized spacial score (nSPS) is 12.6. The molecule has 0 saturated heterocycles. The zero-order chi connectivity index (χ0) is 11.4. The lowest BCUT2D eigenvalue weighted by Crippen LogP contribution is -2.17. The summed E-state index contributed by atoms with van der Waals surface area (Å²) < 4.78 is 2.09. The molecule has 0 aliphatic carbocycles. The first kappa shape index (κ1) is 10.9. The van der Waals surface area contributed by atoms with Gasteiger partial charge in [0.2, 0.25) is 0 Å². The molecule has 2 aromatic rings. The van der Waals surface area contributed by atoms with Crippen LogP contribution in [0.4, 0.5) is 0 Å². The lowest BCUT2D eigenvalue weighted by atomic mass is 10.2. The molecule has 0 fully saturated rings. The highest BCUT2D eigenvalue weighted by Gasteiger charge is 2.02. The van der Waals surface area contributed by atoms with Crippen LogP contribution in [0.15, 0.2) is 42.9 Å². The van der Waals surface area contributed by atoms with Gasteiger partial charge in [0, 0.05) is 25.2 Å². The Morgan fingerprint density at radius 1 is 1.31 bits per heavy atom. The van der Waals surface area contributed by atoms with Crippen LogP contribution in [0.5, 0.6) is 0 Å². The van der Waals surface area contributed by atoms with Crippen LogP contribution in [0, 0.1) is 0 Å². The molecule has 0 radical (unpaired) electrons. The Morgan fingerprint density at radius 3 is 2.75 bits per heavy atom. The summed E-state index contributed by atoms with van der Waals surface area (Å²) in [5.41, 5.74) is 8.08. The van der Waals surface area contributed by atoms with Crippen LogP contribution in [0.3, 0.4) is 0 Å². The number of hydrogen-bond donors (Lipinski definition) is 1. The lowest BCUT2D eigenvalue weighted by molar-refractivity contribution is 0.723. The van der Waals surface area contributed by atoms with Crippen molar-refractivity contribution in [2.24, 2.45) is 5.73 Å². The summed E-state index contributed by atoms with van der Waals surface area (Å²) >= 11 is 0. The summed E-state index contributed by atoms with van der Waals surface area (Å²) in [4.78, 5) is 4.34. The van der Waals surface area contributed by atoms with Gasteiger partial charge >= 0.3 is 0 Å². The Hall–Kier alpha value is -1.61. The standard InChI is InChI=1S/C13H17N3/c1-11(14)7-13-9-16(10-15-13)8-12-5-3-2-4-6-12/h2-6,9-11H,7-8,14H2,1H3. The summed E-state index contributed by atoms with van der Waals surface area (Å²) in [7, 11) is 0. The zero-order valence-corrected chi connectivity index (χ0v) is 9.50. The minimum absolute atomic E-state index is 0.167. The van der Waals surface area contributed by atoms with Crippen LogP contribution in [0.2, 0.25) is 0 Å². The predicted octanol–water partition coefficient (Wildman–Crippen LogP) is 1.82. The monoisotopic (exact) mass is 215 g/mol. The molecule has 16 heavy (non-hydrogen) atoms. The first-order valence-corrected chi connectivity index (χ1v) is 5.54. The van der Waals surface area contributed by atoms with Gasteiger partial charge in [-0.15, -0.1) is 0 Å². The Kier molecular flexibility index (Phi) is 3.37. The van der Waals surface area contributed by atoms with Crippen molar-refractivity contribution < 1.29 is 0 Å². The van der Waals surface area contributed by atoms with E-state index in [9.17, 15) is 0 Å². The van der Waals surface area contributed by atoms with Crippen LogP contribution >= 0.6 is 0 Å². The number of nitrogens with zero attached hydrogens (tertiary/aromatic N) is 2. The number of aromatic nitrogens is 2. The lowest BCUT2D eigenvalue weighted by Gasteiger charge is -2.02. The molecule has 2 N–H and O–H groups in total. The molecule has 3 heteroatoms. The third-order valence-corrected chi connectivity index (χ3v) is 2.43. The number of hydrogen-bond acceptors (Lipinski definition) is 2. The average Bonchev–Trinajstić information content (AvgIpc) is 2.66. The molecule has 1 aromatic carbocycles. The fraction of sp³-hybridized carbons (Fsp3) is 0.308. The second-order valence-corrected chi connectivity index (χ2v) is 4.20. The molecule has 1 aromatic heterocycles. The van der Waals surface area contributed by atoms with E-state index in [0.717, 1.165) is 18.7 Å². The molecule has 0 aliphatic rings. The fourth-order valence-electron chi connectivity index (χ4n) is 1.72. The van der Waals surface area contributed by atoms with Crippen molar-refractivity contribution in [3.05, 3.63) is 54.1 Å². The SMILES string of the molecule is CC(N)Cc1cn(Cc2ccccc2)cn1. The molecule has 2 rings (SSSR count). The fourth-order valence-corrected chi connectivity index (χ4v) is 1.72. The topological polar surface area (TPSA) is 43.8 Å². The number of rotatable bonds is 4. The molecule has 1 heterocycles. The van der Waals surface area contributed by atoms with Gasteiger partial charge in [0.15, 0.2) is 0 Å². The van der Waals surface area contributed by atoms with E-state index >= 15 is 0 Å². The van der Waals surface area contributed by atoms with Crippen LogP contribution < -0.4 is 5.73 Å². The van der Waals surface area contributed by atoms with Crippen molar-refractivity contribution in [1.82, 2.24) is 9.55 Å². The van der Waals surface area contributed by atoms with E-state index in [0.29, 0.717) is 0 Å². The van der Waals surface area contributed by atoms with Gasteiger partial charge in [-0.05, 0) is 12.5 Å².